The molecule has 1 aliphatic heterocycles. The summed E-state index contributed by atoms with van der Waals surface area (Å²) in [4.78, 5) is 4.77. The van der Waals surface area contributed by atoms with Gasteiger partial charge in [-0.2, -0.15) is 0 Å². The summed E-state index contributed by atoms with van der Waals surface area (Å²) in [5.74, 6) is 4.92. The van der Waals surface area contributed by atoms with Gasteiger partial charge in [0.15, 0.2) is 0 Å². The molecule has 1 heterocycles. The van der Waals surface area contributed by atoms with Crippen molar-refractivity contribution in [3.63, 3.8) is 0 Å². The average Bonchev–Trinajstić information content (AvgIpc) is 2.41. The predicted octanol–water partition coefficient (Wildman–Crippen LogP) is 0.705. The minimum Gasteiger partial charge on any atom is -0.300 e. The average molecular weight is 211 g/mol. The van der Waals surface area contributed by atoms with Gasteiger partial charge < -0.3 is 0 Å². The van der Waals surface area contributed by atoms with E-state index >= 15 is 0 Å². The van der Waals surface area contributed by atoms with Crippen molar-refractivity contribution in [3.8, 4) is 0 Å². The van der Waals surface area contributed by atoms with Crippen LogP contribution < -0.4 is 5.90 Å². The molecule has 2 rings (SSSR count). The first-order valence-corrected chi connectivity index (χ1v) is 5.56. The van der Waals surface area contributed by atoms with Gasteiger partial charge in [0.1, 0.15) is 0 Å². The lowest BCUT2D eigenvalue weighted by Gasteiger charge is -2.01. The van der Waals surface area contributed by atoms with E-state index in [9.17, 15) is 8.42 Å². The van der Waals surface area contributed by atoms with E-state index in [4.69, 9.17) is 5.90 Å². The molecular formula is C9H9NO3S. The fourth-order valence-corrected chi connectivity index (χ4v) is 2.97. The van der Waals surface area contributed by atoms with Crippen molar-refractivity contribution in [2.45, 2.75) is 4.90 Å². The number of nitrogens with two attached hydrogens (primary N) is 1. The highest BCUT2D eigenvalue weighted by atomic mass is 32.2. The minimum absolute atomic E-state index is 0.107. The molecule has 0 spiro atoms. The molecule has 0 fully saturated rings. The summed E-state index contributed by atoms with van der Waals surface area (Å²) >= 11 is 0. The topological polar surface area (TPSA) is 69.4 Å². The summed E-state index contributed by atoms with van der Waals surface area (Å²) in [7, 11) is -3.27. The number of sulfone groups is 1. The number of rotatable bonds is 2. The van der Waals surface area contributed by atoms with Crippen LogP contribution in [0, 0.1) is 0 Å². The molecule has 0 saturated heterocycles. The van der Waals surface area contributed by atoms with E-state index in [1.807, 2.05) is 0 Å². The van der Waals surface area contributed by atoms with E-state index in [0.717, 1.165) is 0 Å². The summed E-state index contributed by atoms with van der Waals surface area (Å²) in [6.07, 6.45) is 0. The molecule has 1 aliphatic rings. The van der Waals surface area contributed by atoms with E-state index in [1.165, 1.54) is 5.41 Å². The number of fused-ring (bicyclic) bond motifs is 1. The maximum atomic E-state index is 11.6. The van der Waals surface area contributed by atoms with Crippen LogP contribution in [0.4, 0.5) is 0 Å². The zero-order valence-electron chi connectivity index (χ0n) is 7.30. The monoisotopic (exact) mass is 211 g/mol. The summed E-state index contributed by atoms with van der Waals surface area (Å²) in [5.41, 5.74) is 1.28. The Hall–Kier alpha value is -1.17. The SMILES string of the molecule is NOCC1=CS(=O)(=O)c2ccccc21. The molecule has 5 heteroatoms. The van der Waals surface area contributed by atoms with Gasteiger partial charge in [-0.3, -0.25) is 4.84 Å². The lowest BCUT2D eigenvalue weighted by molar-refractivity contribution is 0.173. The van der Waals surface area contributed by atoms with Crippen LogP contribution in [0.1, 0.15) is 5.56 Å². The summed E-state index contributed by atoms with van der Waals surface area (Å²) < 4.78 is 23.1. The summed E-state index contributed by atoms with van der Waals surface area (Å²) in [6.45, 7) is 0.107. The second kappa shape index (κ2) is 3.20. The number of benzene rings is 1. The van der Waals surface area contributed by atoms with Crippen LogP contribution in [0.25, 0.3) is 5.57 Å². The molecule has 0 atom stereocenters. The molecule has 0 saturated carbocycles. The molecule has 1 aromatic rings. The Kier molecular flexibility index (Phi) is 2.14. The third kappa shape index (κ3) is 1.35. The Morgan fingerprint density at radius 3 is 2.71 bits per heavy atom. The Bertz CT molecular complexity index is 491. The first kappa shape index (κ1) is 9.39. The quantitative estimate of drug-likeness (QED) is 0.731. The van der Waals surface area contributed by atoms with Gasteiger partial charge in [-0.25, -0.2) is 14.3 Å². The van der Waals surface area contributed by atoms with Gasteiger partial charge in [-0.05, 0) is 17.2 Å². The molecular weight excluding hydrogens is 202 g/mol. The number of hydrogen-bond acceptors (Lipinski definition) is 4. The van der Waals surface area contributed by atoms with E-state index in [-0.39, 0.29) is 6.61 Å². The summed E-state index contributed by atoms with van der Waals surface area (Å²) in [5, 5.41) is 1.20. The maximum absolute atomic E-state index is 11.6. The van der Waals surface area contributed by atoms with E-state index in [2.05, 4.69) is 4.84 Å². The van der Waals surface area contributed by atoms with Crippen molar-refractivity contribution in [2.75, 3.05) is 6.61 Å². The maximum Gasteiger partial charge on any atom is 0.200 e. The van der Waals surface area contributed by atoms with Gasteiger partial charge in [0, 0.05) is 5.41 Å². The van der Waals surface area contributed by atoms with E-state index in [1.54, 1.807) is 24.3 Å². The molecule has 0 aliphatic carbocycles. The standard InChI is InChI=1S/C9H9NO3S/c10-13-5-7-6-14(11,12)9-4-2-1-3-8(7)9/h1-4,6H,5,10H2. The molecule has 0 amide bonds. The summed E-state index contributed by atoms with van der Waals surface area (Å²) in [6, 6.07) is 6.79. The second-order valence-electron chi connectivity index (χ2n) is 3.00. The third-order valence-corrected chi connectivity index (χ3v) is 3.64. The Balaban J connectivity index is 2.61. The largest absolute Gasteiger partial charge is 0.300 e. The van der Waals surface area contributed by atoms with Crippen LogP contribution in [0.3, 0.4) is 0 Å². The van der Waals surface area contributed by atoms with Crippen molar-refractivity contribution in [1.82, 2.24) is 0 Å². The zero-order chi connectivity index (χ0) is 10.2. The fraction of sp³-hybridized carbons (Fsp3) is 0.111. The molecule has 2 N–H and O–H groups in total. The highest BCUT2D eigenvalue weighted by Gasteiger charge is 2.25. The normalized spacial score (nSPS) is 17.6. The van der Waals surface area contributed by atoms with Crippen LogP contribution in [0.2, 0.25) is 0 Å². The van der Waals surface area contributed by atoms with Crippen LogP contribution in [0.15, 0.2) is 34.6 Å². The molecule has 14 heavy (non-hydrogen) atoms. The van der Waals surface area contributed by atoms with Gasteiger partial charge in [0.2, 0.25) is 9.84 Å². The highest BCUT2D eigenvalue weighted by Crippen LogP contribution is 2.32. The minimum atomic E-state index is -3.27. The smallest absolute Gasteiger partial charge is 0.200 e. The van der Waals surface area contributed by atoms with Crippen molar-refractivity contribution in [3.05, 3.63) is 35.2 Å². The van der Waals surface area contributed by atoms with Crippen LogP contribution in [-0.2, 0) is 14.7 Å². The van der Waals surface area contributed by atoms with Crippen LogP contribution in [0.5, 0.6) is 0 Å². The Labute approximate surface area is 81.9 Å². The van der Waals surface area contributed by atoms with Gasteiger partial charge in [0.25, 0.3) is 0 Å². The lowest BCUT2D eigenvalue weighted by Crippen LogP contribution is -2.01. The molecule has 1 aromatic carbocycles. The lowest BCUT2D eigenvalue weighted by atomic mass is 10.1. The Morgan fingerprint density at radius 2 is 2.00 bits per heavy atom. The molecule has 0 bridgehead atoms. The first-order valence-electron chi connectivity index (χ1n) is 4.02. The molecule has 74 valence electrons. The van der Waals surface area contributed by atoms with E-state index in [0.29, 0.717) is 16.0 Å². The van der Waals surface area contributed by atoms with Gasteiger partial charge in [-0.1, -0.05) is 18.2 Å². The molecule has 4 nitrogen and oxygen atoms in total. The van der Waals surface area contributed by atoms with Crippen molar-refractivity contribution >= 4 is 15.4 Å². The Morgan fingerprint density at radius 1 is 1.29 bits per heavy atom. The van der Waals surface area contributed by atoms with Gasteiger partial charge in [-0.15, -0.1) is 0 Å². The third-order valence-electron chi connectivity index (χ3n) is 2.08. The fourth-order valence-electron chi connectivity index (χ4n) is 1.50. The predicted molar refractivity (Wildman–Crippen MR) is 51.7 cm³/mol. The van der Waals surface area contributed by atoms with Crippen LogP contribution in [-0.4, -0.2) is 15.0 Å². The van der Waals surface area contributed by atoms with Crippen molar-refractivity contribution in [2.24, 2.45) is 5.90 Å². The van der Waals surface area contributed by atoms with Crippen LogP contribution >= 0.6 is 0 Å². The van der Waals surface area contributed by atoms with Crippen molar-refractivity contribution < 1.29 is 13.3 Å². The molecule has 0 aromatic heterocycles. The van der Waals surface area contributed by atoms with Gasteiger partial charge in [0.05, 0.1) is 11.5 Å². The zero-order valence-corrected chi connectivity index (χ0v) is 8.12. The number of hydrogen-bond donors (Lipinski definition) is 1. The molecule has 0 radical (unpaired) electrons. The molecule has 0 unspecified atom stereocenters. The van der Waals surface area contributed by atoms with Crippen molar-refractivity contribution in [1.29, 1.82) is 0 Å². The second-order valence-corrected chi connectivity index (χ2v) is 4.76. The highest BCUT2D eigenvalue weighted by molar-refractivity contribution is 7.95. The van der Waals surface area contributed by atoms with E-state index < -0.39 is 9.84 Å². The van der Waals surface area contributed by atoms with Gasteiger partial charge >= 0.3 is 0 Å². The first-order chi connectivity index (χ1) is 6.65.